The minimum absolute atomic E-state index is 0.159. The number of ether oxygens (including phenoxy) is 3. The predicted octanol–water partition coefficient (Wildman–Crippen LogP) is 3.81. The molecule has 0 unspecified atom stereocenters. The van der Waals surface area contributed by atoms with Crippen molar-refractivity contribution in [2.24, 2.45) is 0 Å². The van der Waals surface area contributed by atoms with Gasteiger partial charge in [0.05, 0.1) is 19.8 Å². The molecule has 0 spiro atoms. The van der Waals surface area contributed by atoms with Gasteiger partial charge in [0, 0.05) is 12.0 Å². The molecule has 0 bridgehead atoms. The van der Waals surface area contributed by atoms with E-state index in [9.17, 15) is 4.79 Å². The molecule has 3 aromatic rings. The van der Waals surface area contributed by atoms with Gasteiger partial charge in [0.15, 0.2) is 11.5 Å². The van der Waals surface area contributed by atoms with Crippen molar-refractivity contribution in [3.8, 4) is 17.2 Å². The lowest BCUT2D eigenvalue weighted by molar-refractivity contribution is 0.0946. The number of carbonyl (C=O) groups excluding carboxylic acids is 1. The number of hydrogen-bond acceptors (Lipinski definition) is 4. The fourth-order valence-electron chi connectivity index (χ4n) is 3.00. The molecule has 3 aromatic carbocycles. The minimum atomic E-state index is -0.159. The first-order chi connectivity index (χ1) is 13.3. The number of nitrogens with one attached hydrogen (secondary N) is 1. The molecular formula is C22H21NO4. The number of benzene rings is 3. The Morgan fingerprint density at radius 1 is 0.926 bits per heavy atom. The quantitative estimate of drug-likeness (QED) is 0.701. The number of amides is 1. The first kappa shape index (κ1) is 17.2. The first-order valence-electron chi connectivity index (χ1n) is 9.09. The number of carbonyl (C=O) groups is 1. The Bertz CT molecular complexity index is 954. The van der Waals surface area contributed by atoms with Crippen molar-refractivity contribution in [1.82, 2.24) is 5.32 Å². The SMILES string of the molecule is O=C(NCCOc1ccc2ccccc2c1)c1ccc2c(c1)OCCCO2. The second kappa shape index (κ2) is 7.99. The Morgan fingerprint density at radius 3 is 2.63 bits per heavy atom. The van der Waals surface area contributed by atoms with Crippen molar-refractivity contribution in [2.75, 3.05) is 26.4 Å². The highest BCUT2D eigenvalue weighted by Gasteiger charge is 2.13. The van der Waals surface area contributed by atoms with Crippen LogP contribution < -0.4 is 19.5 Å². The first-order valence-corrected chi connectivity index (χ1v) is 9.09. The van der Waals surface area contributed by atoms with Crippen molar-refractivity contribution in [1.29, 1.82) is 0 Å². The van der Waals surface area contributed by atoms with E-state index in [1.807, 2.05) is 36.4 Å². The Morgan fingerprint density at radius 2 is 1.74 bits per heavy atom. The van der Waals surface area contributed by atoms with E-state index in [0.717, 1.165) is 17.6 Å². The van der Waals surface area contributed by atoms with Crippen molar-refractivity contribution in [2.45, 2.75) is 6.42 Å². The summed E-state index contributed by atoms with van der Waals surface area (Å²) in [6, 6.07) is 19.3. The molecule has 1 aliphatic rings. The van der Waals surface area contributed by atoms with Crippen molar-refractivity contribution in [3.05, 3.63) is 66.2 Å². The lowest BCUT2D eigenvalue weighted by atomic mass is 10.1. The normalized spacial score (nSPS) is 13.0. The average Bonchev–Trinajstić information content (AvgIpc) is 2.95. The maximum absolute atomic E-state index is 12.3. The van der Waals surface area contributed by atoms with E-state index in [-0.39, 0.29) is 5.91 Å². The molecule has 5 nitrogen and oxygen atoms in total. The van der Waals surface area contributed by atoms with E-state index < -0.39 is 0 Å². The summed E-state index contributed by atoms with van der Waals surface area (Å²) >= 11 is 0. The molecule has 0 radical (unpaired) electrons. The van der Waals surface area contributed by atoms with Gasteiger partial charge in [-0.15, -0.1) is 0 Å². The van der Waals surface area contributed by atoms with Gasteiger partial charge in [-0.25, -0.2) is 0 Å². The Kier molecular flexibility index (Phi) is 5.10. The molecule has 1 amide bonds. The summed E-state index contributed by atoms with van der Waals surface area (Å²) in [5, 5.41) is 5.17. The molecule has 1 aliphatic heterocycles. The zero-order valence-corrected chi connectivity index (χ0v) is 14.9. The highest BCUT2D eigenvalue weighted by Crippen LogP contribution is 2.30. The molecule has 4 rings (SSSR count). The van der Waals surface area contributed by atoms with Crippen molar-refractivity contribution < 1.29 is 19.0 Å². The van der Waals surface area contributed by atoms with E-state index in [2.05, 4.69) is 11.4 Å². The second-order valence-electron chi connectivity index (χ2n) is 6.33. The van der Waals surface area contributed by atoms with Crippen LogP contribution in [0.25, 0.3) is 10.8 Å². The number of rotatable bonds is 5. The molecule has 5 heteroatoms. The van der Waals surface area contributed by atoms with E-state index in [0.29, 0.717) is 43.4 Å². The van der Waals surface area contributed by atoms with Gasteiger partial charge in [-0.05, 0) is 41.1 Å². The van der Waals surface area contributed by atoms with Gasteiger partial charge in [-0.2, -0.15) is 0 Å². The van der Waals surface area contributed by atoms with Crippen LogP contribution in [0.15, 0.2) is 60.7 Å². The summed E-state index contributed by atoms with van der Waals surface area (Å²) in [4.78, 5) is 12.3. The highest BCUT2D eigenvalue weighted by molar-refractivity contribution is 5.94. The molecule has 138 valence electrons. The fourth-order valence-corrected chi connectivity index (χ4v) is 3.00. The summed E-state index contributed by atoms with van der Waals surface area (Å²) in [6.07, 6.45) is 0.836. The maximum atomic E-state index is 12.3. The zero-order valence-electron chi connectivity index (χ0n) is 14.9. The lowest BCUT2D eigenvalue weighted by Gasteiger charge is -2.11. The summed E-state index contributed by atoms with van der Waals surface area (Å²) in [5.41, 5.74) is 0.546. The third-order valence-electron chi connectivity index (χ3n) is 4.39. The predicted molar refractivity (Wildman–Crippen MR) is 104 cm³/mol. The Labute approximate surface area is 157 Å². The topological polar surface area (TPSA) is 56.8 Å². The lowest BCUT2D eigenvalue weighted by Crippen LogP contribution is -2.28. The molecule has 0 saturated heterocycles. The average molecular weight is 363 g/mol. The van der Waals surface area contributed by atoms with Crippen LogP contribution in [-0.4, -0.2) is 32.3 Å². The molecule has 0 aromatic heterocycles. The summed E-state index contributed by atoms with van der Waals surface area (Å²) in [7, 11) is 0. The third kappa shape index (κ3) is 4.14. The van der Waals surface area contributed by atoms with Gasteiger partial charge < -0.3 is 19.5 Å². The molecule has 1 N–H and O–H groups in total. The molecule has 1 heterocycles. The summed E-state index contributed by atoms with van der Waals surface area (Å²) in [6.45, 7) is 2.04. The van der Waals surface area contributed by atoms with Crippen LogP contribution in [0.4, 0.5) is 0 Å². The second-order valence-corrected chi connectivity index (χ2v) is 6.33. The van der Waals surface area contributed by atoms with E-state index in [1.165, 1.54) is 5.39 Å². The molecule has 0 saturated carbocycles. The van der Waals surface area contributed by atoms with Crippen LogP contribution in [-0.2, 0) is 0 Å². The van der Waals surface area contributed by atoms with Gasteiger partial charge >= 0.3 is 0 Å². The molecule has 27 heavy (non-hydrogen) atoms. The van der Waals surface area contributed by atoms with E-state index in [4.69, 9.17) is 14.2 Å². The summed E-state index contributed by atoms with van der Waals surface area (Å²) < 4.78 is 17.0. The van der Waals surface area contributed by atoms with Crippen molar-refractivity contribution >= 4 is 16.7 Å². The Balaban J connectivity index is 1.31. The van der Waals surface area contributed by atoms with Gasteiger partial charge in [-0.3, -0.25) is 4.79 Å². The van der Waals surface area contributed by atoms with Crippen LogP contribution in [0.1, 0.15) is 16.8 Å². The number of hydrogen-bond donors (Lipinski definition) is 1. The molecule has 0 atom stereocenters. The maximum Gasteiger partial charge on any atom is 0.251 e. The zero-order chi connectivity index (χ0) is 18.5. The van der Waals surface area contributed by atoms with Crippen LogP contribution >= 0.6 is 0 Å². The minimum Gasteiger partial charge on any atom is -0.492 e. The monoisotopic (exact) mass is 363 g/mol. The van der Waals surface area contributed by atoms with Crippen molar-refractivity contribution in [3.63, 3.8) is 0 Å². The van der Waals surface area contributed by atoms with E-state index in [1.54, 1.807) is 18.2 Å². The van der Waals surface area contributed by atoms with Gasteiger partial charge in [0.25, 0.3) is 5.91 Å². The summed E-state index contributed by atoms with van der Waals surface area (Å²) in [5.74, 6) is 1.93. The Hall–Kier alpha value is -3.21. The largest absolute Gasteiger partial charge is 0.492 e. The smallest absolute Gasteiger partial charge is 0.251 e. The van der Waals surface area contributed by atoms with Crippen LogP contribution in [0.5, 0.6) is 17.2 Å². The van der Waals surface area contributed by atoms with Crippen LogP contribution in [0.3, 0.4) is 0 Å². The van der Waals surface area contributed by atoms with Gasteiger partial charge in [0.1, 0.15) is 12.4 Å². The fraction of sp³-hybridized carbons (Fsp3) is 0.227. The van der Waals surface area contributed by atoms with Crippen LogP contribution in [0, 0.1) is 0 Å². The van der Waals surface area contributed by atoms with E-state index >= 15 is 0 Å². The highest BCUT2D eigenvalue weighted by atomic mass is 16.5. The standard InChI is InChI=1S/C22H21NO4/c24-22(18-7-9-20-21(15-18)27-12-3-11-26-20)23-10-13-25-19-8-6-16-4-1-2-5-17(16)14-19/h1-2,4-9,14-15H,3,10-13H2,(H,23,24). The molecular weight excluding hydrogens is 342 g/mol. The number of fused-ring (bicyclic) bond motifs is 2. The molecule has 0 aliphatic carbocycles. The van der Waals surface area contributed by atoms with Gasteiger partial charge in [0.2, 0.25) is 0 Å². The van der Waals surface area contributed by atoms with Crippen LogP contribution in [0.2, 0.25) is 0 Å². The van der Waals surface area contributed by atoms with Gasteiger partial charge in [-0.1, -0.05) is 30.3 Å². The molecule has 0 fully saturated rings. The third-order valence-corrected chi connectivity index (χ3v) is 4.39.